The third kappa shape index (κ3) is 3.29. The van der Waals surface area contributed by atoms with Gasteiger partial charge in [-0.1, -0.05) is 12.0 Å². The quantitative estimate of drug-likeness (QED) is 0.185. The summed E-state index contributed by atoms with van der Waals surface area (Å²) in [5.74, 6) is 0. The predicted molar refractivity (Wildman–Crippen MR) is 31.3 cm³/mol. The van der Waals surface area contributed by atoms with E-state index in [9.17, 15) is 4.79 Å². The van der Waals surface area contributed by atoms with Gasteiger partial charge in [0.2, 0.25) is 6.08 Å². The number of nitrogens with zero attached hydrogens (tertiary/aromatic N) is 4. The standard InChI is InChI=1S/C4H6N4O/c1-2-4(6-3-9)7-8-5/h4H,2H2,1H3/t4-/m0/s1. The van der Waals surface area contributed by atoms with Crippen molar-refractivity contribution in [2.24, 2.45) is 10.1 Å². The zero-order valence-electron chi connectivity index (χ0n) is 4.98. The molecule has 0 rings (SSSR count). The Morgan fingerprint density at radius 3 is 2.89 bits per heavy atom. The molecule has 0 unspecified atom stereocenters. The maximum Gasteiger partial charge on any atom is 0.235 e. The minimum absolute atomic E-state index is 0.527. The number of aliphatic imine (C=N–C) groups is 1. The van der Waals surface area contributed by atoms with Crippen molar-refractivity contribution in [3.8, 4) is 0 Å². The van der Waals surface area contributed by atoms with Crippen LogP contribution in [0.15, 0.2) is 10.1 Å². The molecule has 1 atom stereocenters. The summed E-state index contributed by atoms with van der Waals surface area (Å²) in [7, 11) is 0. The number of hydrogen-bond acceptors (Lipinski definition) is 3. The molecule has 0 fully saturated rings. The molecule has 0 aromatic carbocycles. The van der Waals surface area contributed by atoms with E-state index in [2.05, 4.69) is 15.0 Å². The molecule has 5 nitrogen and oxygen atoms in total. The fraction of sp³-hybridized carbons (Fsp3) is 0.750. The molecule has 0 radical (unpaired) electrons. The molecular formula is C4H6N4O. The van der Waals surface area contributed by atoms with Crippen LogP contribution in [-0.2, 0) is 4.79 Å². The molecule has 0 aliphatic carbocycles. The van der Waals surface area contributed by atoms with Crippen LogP contribution in [0.1, 0.15) is 13.3 Å². The summed E-state index contributed by atoms with van der Waals surface area (Å²) in [4.78, 5) is 15.3. The molecule has 0 aliphatic heterocycles. The van der Waals surface area contributed by atoms with Gasteiger partial charge in [-0.2, -0.15) is 4.99 Å². The maximum absolute atomic E-state index is 9.57. The molecular weight excluding hydrogens is 120 g/mol. The molecule has 0 saturated heterocycles. The van der Waals surface area contributed by atoms with Crippen LogP contribution in [0.3, 0.4) is 0 Å². The zero-order valence-corrected chi connectivity index (χ0v) is 4.98. The van der Waals surface area contributed by atoms with E-state index in [1.54, 1.807) is 6.92 Å². The van der Waals surface area contributed by atoms with Crippen molar-refractivity contribution in [2.75, 3.05) is 0 Å². The van der Waals surface area contributed by atoms with Gasteiger partial charge in [0, 0.05) is 4.91 Å². The topological polar surface area (TPSA) is 78.2 Å². The van der Waals surface area contributed by atoms with Gasteiger partial charge in [0.25, 0.3) is 0 Å². The summed E-state index contributed by atoms with van der Waals surface area (Å²) in [5.41, 5.74) is 7.86. The van der Waals surface area contributed by atoms with Crippen LogP contribution in [0, 0.1) is 0 Å². The monoisotopic (exact) mass is 126 g/mol. The first-order valence-corrected chi connectivity index (χ1v) is 2.46. The number of isocyanates is 1. The van der Waals surface area contributed by atoms with Gasteiger partial charge in [0.1, 0.15) is 6.17 Å². The van der Waals surface area contributed by atoms with E-state index in [1.165, 1.54) is 6.08 Å². The average molecular weight is 126 g/mol. The molecule has 0 aromatic rings. The van der Waals surface area contributed by atoms with Crippen LogP contribution in [0.4, 0.5) is 0 Å². The summed E-state index contributed by atoms with van der Waals surface area (Å²) >= 11 is 0. The first-order valence-electron chi connectivity index (χ1n) is 2.46. The smallest absolute Gasteiger partial charge is 0.211 e. The van der Waals surface area contributed by atoms with Gasteiger partial charge < -0.3 is 0 Å². The highest BCUT2D eigenvalue weighted by atomic mass is 16.1. The van der Waals surface area contributed by atoms with E-state index in [0.29, 0.717) is 6.42 Å². The lowest BCUT2D eigenvalue weighted by molar-refractivity contribution is 0.555. The second-order valence-electron chi connectivity index (χ2n) is 1.31. The van der Waals surface area contributed by atoms with E-state index in [-0.39, 0.29) is 0 Å². The highest BCUT2D eigenvalue weighted by Gasteiger charge is 1.95. The van der Waals surface area contributed by atoms with Gasteiger partial charge in [-0.25, -0.2) is 4.79 Å². The molecule has 0 heterocycles. The second-order valence-corrected chi connectivity index (χ2v) is 1.31. The normalized spacial score (nSPS) is 10.8. The summed E-state index contributed by atoms with van der Waals surface area (Å²) in [6.07, 6.45) is 1.26. The summed E-state index contributed by atoms with van der Waals surface area (Å²) in [5, 5.41) is 3.18. The Bertz CT molecular complexity index is 147. The van der Waals surface area contributed by atoms with Crippen LogP contribution in [0.2, 0.25) is 0 Å². The molecule has 0 N–H and O–H groups in total. The molecule has 9 heavy (non-hydrogen) atoms. The first-order chi connectivity index (χ1) is 4.35. The van der Waals surface area contributed by atoms with Crippen molar-refractivity contribution < 1.29 is 4.79 Å². The number of carbonyl (C=O) groups excluding carboxylic acids is 1. The molecule has 0 aromatic heterocycles. The van der Waals surface area contributed by atoms with E-state index in [0.717, 1.165) is 0 Å². The van der Waals surface area contributed by atoms with Crippen LogP contribution < -0.4 is 0 Å². The molecule has 0 aliphatic rings. The lowest BCUT2D eigenvalue weighted by Gasteiger charge is -1.92. The van der Waals surface area contributed by atoms with Crippen molar-refractivity contribution in [3.05, 3.63) is 10.4 Å². The lowest BCUT2D eigenvalue weighted by Crippen LogP contribution is -1.93. The van der Waals surface area contributed by atoms with Crippen molar-refractivity contribution >= 4 is 6.08 Å². The fourth-order valence-electron chi connectivity index (χ4n) is 0.319. The molecule has 0 amide bonds. The molecule has 0 bridgehead atoms. The SMILES string of the molecule is CC[C@@H](N=C=O)N=[N+]=[N-]. The number of hydrogen-bond donors (Lipinski definition) is 0. The van der Waals surface area contributed by atoms with E-state index >= 15 is 0 Å². The van der Waals surface area contributed by atoms with Gasteiger partial charge in [-0.05, 0) is 12.0 Å². The van der Waals surface area contributed by atoms with Gasteiger partial charge >= 0.3 is 0 Å². The second kappa shape index (κ2) is 4.84. The molecule has 0 spiro atoms. The lowest BCUT2D eigenvalue weighted by atomic mass is 10.4. The highest BCUT2D eigenvalue weighted by molar-refractivity contribution is 5.33. The van der Waals surface area contributed by atoms with E-state index in [4.69, 9.17) is 5.53 Å². The van der Waals surface area contributed by atoms with Crippen molar-refractivity contribution in [2.45, 2.75) is 19.5 Å². The van der Waals surface area contributed by atoms with Crippen LogP contribution in [0.5, 0.6) is 0 Å². The Balaban J connectivity index is 3.97. The summed E-state index contributed by atoms with van der Waals surface area (Å²) < 4.78 is 0. The largest absolute Gasteiger partial charge is 0.235 e. The maximum atomic E-state index is 9.57. The molecule has 5 heteroatoms. The average Bonchev–Trinajstić information content (AvgIpc) is 1.88. The van der Waals surface area contributed by atoms with Gasteiger partial charge in [-0.15, -0.1) is 0 Å². The Morgan fingerprint density at radius 2 is 2.56 bits per heavy atom. The van der Waals surface area contributed by atoms with Gasteiger partial charge in [0.15, 0.2) is 0 Å². The Morgan fingerprint density at radius 1 is 1.89 bits per heavy atom. The Hall–Kier alpha value is -1.31. The minimum Gasteiger partial charge on any atom is -0.211 e. The summed E-state index contributed by atoms with van der Waals surface area (Å²) in [6.45, 7) is 1.76. The van der Waals surface area contributed by atoms with Crippen molar-refractivity contribution in [3.63, 3.8) is 0 Å². The Labute approximate surface area is 52.0 Å². The minimum atomic E-state index is -0.576. The van der Waals surface area contributed by atoms with Crippen LogP contribution in [0.25, 0.3) is 10.4 Å². The molecule has 48 valence electrons. The Kier molecular flexibility index (Phi) is 4.14. The van der Waals surface area contributed by atoms with E-state index < -0.39 is 6.17 Å². The van der Waals surface area contributed by atoms with Gasteiger partial charge in [-0.3, -0.25) is 0 Å². The highest BCUT2D eigenvalue weighted by Crippen LogP contribution is 1.96. The number of azide groups is 1. The van der Waals surface area contributed by atoms with Crippen LogP contribution >= 0.6 is 0 Å². The fourth-order valence-corrected chi connectivity index (χ4v) is 0.319. The number of rotatable bonds is 3. The predicted octanol–water partition coefficient (Wildman–Crippen LogP) is 1.37. The molecule has 0 saturated carbocycles. The third-order valence-electron chi connectivity index (χ3n) is 0.752. The zero-order chi connectivity index (χ0) is 7.11. The van der Waals surface area contributed by atoms with Crippen LogP contribution in [-0.4, -0.2) is 12.2 Å². The summed E-state index contributed by atoms with van der Waals surface area (Å²) in [6, 6.07) is 0. The van der Waals surface area contributed by atoms with Gasteiger partial charge in [0.05, 0.1) is 0 Å². The van der Waals surface area contributed by atoms with Crippen molar-refractivity contribution in [1.29, 1.82) is 0 Å². The first kappa shape index (κ1) is 7.69. The third-order valence-corrected chi connectivity index (χ3v) is 0.752. The van der Waals surface area contributed by atoms with Crippen molar-refractivity contribution in [1.82, 2.24) is 0 Å². The van der Waals surface area contributed by atoms with E-state index in [1.807, 2.05) is 0 Å².